The van der Waals surface area contributed by atoms with Crippen molar-refractivity contribution in [1.29, 1.82) is 0 Å². The van der Waals surface area contributed by atoms with Crippen LogP contribution in [0.5, 0.6) is 5.75 Å². The van der Waals surface area contributed by atoms with Gasteiger partial charge in [0.05, 0.1) is 12.6 Å². The lowest BCUT2D eigenvalue weighted by Crippen LogP contribution is -2.48. The van der Waals surface area contributed by atoms with Crippen LogP contribution in [0.2, 0.25) is 0 Å². The van der Waals surface area contributed by atoms with Crippen molar-refractivity contribution in [2.75, 3.05) is 26.7 Å². The van der Waals surface area contributed by atoms with E-state index in [2.05, 4.69) is 17.1 Å². The molecule has 3 rings (SSSR count). The third-order valence-corrected chi connectivity index (χ3v) is 5.10. The summed E-state index contributed by atoms with van der Waals surface area (Å²) in [7, 11) is 1.88. The van der Waals surface area contributed by atoms with E-state index in [1.54, 1.807) is 0 Å². The molecule has 0 bridgehead atoms. The average molecular weight is 350 g/mol. The van der Waals surface area contributed by atoms with Crippen molar-refractivity contribution in [2.45, 2.75) is 31.9 Å². The van der Waals surface area contributed by atoms with Crippen molar-refractivity contribution in [3.63, 3.8) is 0 Å². The SMILES string of the molecule is CCCN1CC2=C(C(=O)NC2c2ccccc2OCC)N(C)C1Cl. The van der Waals surface area contributed by atoms with E-state index < -0.39 is 0 Å². The van der Waals surface area contributed by atoms with E-state index in [1.807, 2.05) is 43.1 Å². The number of hydrogen-bond donors (Lipinski definition) is 1. The highest BCUT2D eigenvalue weighted by Crippen LogP contribution is 2.40. The van der Waals surface area contributed by atoms with Crippen LogP contribution in [0, 0.1) is 0 Å². The molecule has 1 aromatic rings. The molecule has 0 saturated carbocycles. The topological polar surface area (TPSA) is 44.8 Å². The minimum absolute atomic E-state index is 0.0643. The Morgan fingerprint density at radius 1 is 1.33 bits per heavy atom. The van der Waals surface area contributed by atoms with Gasteiger partial charge in [-0.15, -0.1) is 0 Å². The maximum atomic E-state index is 12.6. The fourth-order valence-corrected chi connectivity index (χ4v) is 3.78. The highest BCUT2D eigenvalue weighted by atomic mass is 35.5. The molecule has 0 fully saturated rings. The van der Waals surface area contributed by atoms with Gasteiger partial charge in [0.25, 0.3) is 5.91 Å². The number of rotatable bonds is 5. The largest absolute Gasteiger partial charge is 0.494 e. The summed E-state index contributed by atoms with van der Waals surface area (Å²) < 4.78 is 5.76. The van der Waals surface area contributed by atoms with Crippen molar-refractivity contribution >= 4 is 17.5 Å². The highest BCUT2D eigenvalue weighted by molar-refractivity contribution is 6.20. The number of nitrogens with zero attached hydrogens (tertiary/aromatic N) is 2. The molecule has 2 heterocycles. The first-order valence-electron chi connectivity index (χ1n) is 8.45. The maximum Gasteiger partial charge on any atom is 0.268 e. The molecule has 5 nitrogen and oxygen atoms in total. The number of carbonyl (C=O) groups is 1. The van der Waals surface area contributed by atoms with Crippen LogP contribution in [0.15, 0.2) is 35.5 Å². The van der Waals surface area contributed by atoms with Crippen LogP contribution in [-0.4, -0.2) is 48.1 Å². The predicted molar refractivity (Wildman–Crippen MR) is 94.8 cm³/mol. The lowest BCUT2D eigenvalue weighted by Gasteiger charge is -2.40. The summed E-state index contributed by atoms with van der Waals surface area (Å²) in [5.74, 6) is 0.752. The number of para-hydroxylation sites is 1. The molecule has 0 radical (unpaired) electrons. The molecule has 0 aliphatic carbocycles. The van der Waals surface area contributed by atoms with Gasteiger partial charge >= 0.3 is 0 Å². The maximum absolute atomic E-state index is 12.6. The predicted octanol–water partition coefficient (Wildman–Crippen LogP) is 2.69. The molecule has 6 heteroatoms. The van der Waals surface area contributed by atoms with Crippen molar-refractivity contribution in [1.82, 2.24) is 15.1 Å². The summed E-state index contributed by atoms with van der Waals surface area (Å²) in [6.07, 6.45) is 1.02. The van der Waals surface area contributed by atoms with E-state index in [1.165, 1.54) is 0 Å². The fourth-order valence-electron chi connectivity index (χ4n) is 3.51. The number of nitrogens with one attached hydrogen (secondary N) is 1. The molecule has 0 saturated heterocycles. The molecule has 24 heavy (non-hydrogen) atoms. The highest BCUT2D eigenvalue weighted by Gasteiger charge is 2.42. The first-order chi connectivity index (χ1) is 11.6. The summed E-state index contributed by atoms with van der Waals surface area (Å²) in [5.41, 5.74) is 2.46. The Hall–Kier alpha value is -1.72. The second-order valence-corrected chi connectivity index (χ2v) is 6.53. The molecule has 0 spiro atoms. The Labute approximate surface area is 148 Å². The summed E-state index contributed by atoms with van der Waals surface area (Å²) in [6.45, 7) is 6.27. The molecule has 2 atom stereocenters. The Balaban J connectivity index is 2.00. The Morgan fingerprint density at radius 2 is 2.08 bits per heavy atom. The quantitative estimate of drug-likeness (QED) is 0.655. The molecule has 130 valence electrons. The molecular formula is C18H24ClN3O2. The van der Waals surface area contributed by atoms with Crippen molar-refractivity contribution < 1.29 is 9.53 Å². The fraction of sp³-hybridized carbons (Fsp3) is 0.500. The number of alkyl halides is 1. The third-order valence-electron chi connectivity index (χ3n) is 4.53. The Kier molecular flexibility index (Phi) is 5.01. The van der Waals surface area contributed by atoms with Crippen molar-refractivity contribution in [2.24, 2.45) is 0 Å². The van der Waals surface area contributed by atoms with Gasteiger partial charge in [0, 0.05) is 25.7 Å². The second-order valence-electron chi connectivity index (χ2n) is 6.14. The van der Waals surface area contributed by atoms with E-state index in [-0.39, 0.29) is 17.6 Å². The first kappa shape index (κ1) is 17.1. The van der Waals surface area contributed by atoms with Crippen LogP contribution < -0.4 is 10.1 Å². The lowest BCUT2D eigenvalue weighted by atomic mass is 9.97. The van der Waals surface area contributed by atoms with Gasteiger partial charge in [-0.2, -0.15) is 0 Å². The standard InChI is InChI=1S/C18H24ClN3O2/c1-4-10-22-11-13-15(12-8-6-7-9-14(12)24-5-2)20-17(23)16(13)21(3)18(22)19/h6-9,15,18H,4-5,10-11H2,1-3H3,(H,20,23). The van der Waals surface area contributed by atoms with Crippen LogP contribution in [-0.2, 0) is 4.79 Å². The second kappa shape index (κ2) is 7.03. The smallest absolute Gasteiger partial charge is 0.268 e. The van der Waals surface area contributed by atoms with Gasteiger partial charge in [0.15, 0.2) is 5.62 Å². The van der Waals surface area contributed by atoms with E-state index in [0.29, 0.717) is 18.8 Å². The molecule has 2 aliphatic heterocycles. The summed E-state index contributed by atoms with van der Waals surface area (Å²) in [6, 6.07) is 7.73. The van der Waals surface area contributed by atoms with Crippen LogP contribution >= 0.6 is 11.6 Å². The van der Waals surface area contributed by atoms with Crippen LogP contribution in [0.4, 0.5) is 0 Å². The number of carbonyl (C=O) groups excluding carboxylic acids is 1. The Morgan fingerprint density at radius 3 is 2.79 bits per heavy atom. The van der Waals surface area contributed by atoms with E-state index >= 15 is 0 Å². The average Bonchev–Trinajstić information content (AvgIpc) is 2.90. The molecule has 2 aliphatic rings. The molecule has 1 amide bonds. The zero-order valence-corrected chi connectivity index (χ0v) is 15.1. The molecule has 1 N–H and O–H groups in total. The van der Waals surface area contributed by atoms with Gasteiger partial charge in [-0.05, 0) is 25.0 Å². The minimum Gasteiger partial charge on any atom is -0.494 e. The first-order valence-corrected chi connectivity index (χ1v) is 8.88. The zero-order chi connectivity index (χ0) is 17.3. The van der Waals surface area contributed by atoms with E-state index in [9.17, 15) is 4.79 Å². The zero-order valence-electron chi connectivity index (χ0n) is 14.4. The van der Waals surface area contributed by atoms with Gasteiger partial charge in [-0.3, -0.25) is 9.69 Å². The van der Waals surface area contributed by atoms with Crippen LogP contribution in [0.3, 0.4) is 0 Å². The monoisotopic (exact) mass is 349 g/mol. The van der Waals surface area contributed by atoms with Gasteiger partial charge in [0.2, 0.25) is 0 Å². The minimum atomic E-state index is -0.296. The summed E-state index contributed by atoms with van der Waals surface area (Å²) in [5, 5.41) is 3.10. The number of ether oxygens (including phenoxy) is 1. The van der Waals surface area contributed by atoms with Gasteiger partial charge in [-0.25, -0.2) is 0 Å². The van der Waals surface area contributed by atoms with E-state index in [4.69, 9.17) is 16.3 Å². The van der Waals surface area contributed by atoms with Gasteiger partial charge < -0.3 is 15.0 Å². The molecule has 1 aromatic carbocycles. The van der Waals surface area contributed by atoms with Crippen LogP contribution in [0.25, 0.3) is 0 Å². The lowest BCUT2D eigenvalue weighted by molar-refractivity contribution is -0.118. The summed E-state index contributed by atoms with van der Waals surface area (Å²) in [4.78, 5) is 16.6. The van der Waals surface area contributed by atoms with Crippen molar-refractivity contribution in [3.05, 3.63) is 41.1 Å². The van der Waals surface area contributed by atoms with Gasteiger partial charge in [0.1, 0.15) is 11.4 Å². The van der Waals surface area contributed by atoms with Crippen LogP contribution in [0.1, 0.15) is 31.9 Å². The summed E-state index contributed by atoms with van der Waals surface area (Å²) >= 11 is 6.53. The third kappa shape index (κ3) is 2.87. The Bertz CT molecular complexity index is 661. The van der Waals surface area contributed by atoms with Gasteiger partial charge in [-0.1, -0.05) is 36.7 Å². The number of likely N-dealkylation sites (N-methyl/N-ethyl adjacent to an activating group) is 1. The van der Waals surface area contributed by atoms with E-state index in [0.717, 1.165) is 29.9 Å². The molecule has 0 aromatic heterocycles. The number of halogens is 1. The number of hydrogen-bond acceptors (Lipinski definition) is 4. The number of amides is 1. The normalized spacial score (nSPS) is 24.2. The number of benzene rings is 1. The molecular weight excluding hydrogens is 326 g/mol. The van der Waals surface area contributed by atoms with Crippen molar-refractivity contribution in [3.8, 4) is 5.75 Å². The molecule has 2 unspecified atom stereocenters.